The monoisotopic (exact) mass is 280 g/mol. The number of carboxylic acid groups (broad SMARTS) is 1. The van der Waals surface area contributed by atoms with Gasteiger partial charge < -0.3 is 5.11 Å². The van der Waals surface area contributed by atoms with Gasteiger partial charge in [0.1, 0.15) is 21.1 Å². The Morgan fingerprint density at radius 3 is 2.89 bits per heavy atom. The van der Waals surface area contributed by atoms with E-state index < -0.39 is 5.97 Å². The van der Waals surface area contributed by atoms with Crippen molar-refractivity contribution in [3.63, 3.8) is 0 Å². The van der Waals surface area contributed by atoms with Crippen molar-refractivity contribution >= 4 is 39.3 Å². The van der Waals surface area contributed by atoms with Crippen LogP contribution < -0.4 is 0 Å². The Morgan fingerprint density at radius 2 is 2.28 bits per heavy atom. The molecule has 0 saturated heterocycles. The van der Waals surface area contributed by atoms with Crippen LogP contribution in [0.4, 0.5) is 0 Å². The number of carbonyl (C=O) groups is 1. The molecule has 0 unspecified atom stereocenters. The molecule has 0 spiro atoms. The summed E-state index contributed by atoms with van der Waals surface area (Å²) in [4.78, 5) is 20.5. The van der Waals surface area contributed by atoms with Gasteiger partial charge in [0.05, 0.1) is 0 Å². The maximum atomic E-state index is 11.1. The molecule has 0 radical (unpaired) electrons. The van der Waals surface area contributed by atoms with E-state index >= 15 is 0 Å². The summed E-state index contributed by atoms with van der Waals surface area (Å²) in [5.74, 6) is -0.143. The molecule has 0 atom stereocenters. The average Bonchev–Trinajstić information content (AvgIpc) is 2.65. The summed E-state index contributed by atoms with van der Waals surface area (Å²) in [7, 11) is 0. The van der Waals surface area contributed by atoms with Crippen LogP contribution in [-0.4, -0.2) is 26.8 Å². The number of nitrogens with zero attached hydrogens (tertiary/aromatic N) is 2. The minimum absolute atomic E-state index is 0.336. The molecule has 0 aliphatic heterocycles. The second kappa shape index (κ2) is 5.07. The number of hydrogen-bond acceptors (Lipinski definition) is 5. The van der Waals surface area contributed by atoms with Gasteiger partial charge in [0.25, 0.3) is 0 Å². The van der Waals surface area contributed by atoms with Crippen molar-refractivity contribution < 1.29 is 9.90 Å². The largest absolute Gasteiger partial charge is 0.477 e. The first kappa shape index (κ1) is 13.0. The van der Waals surface area contributed by atoms with Gasteiger partial charge in [0.2, 0.25) is 0 Å². The van der Waals surface area contributed by atoms with Crippen LogP contribution in [0.25, 0.3) is 10.2 Å². The Morgan fingerprint density at radius 1 is 1.56 bits per heavy atom. The molecule has 0 bridgehead atoms. The smallest absolute Gasteiger partial charge is 0.346 e. The Balaban J connectivity index is 2.54. The van der Waals surface area contributed by atoms with E-state index in [0.717, 1.165) is 32.1 Å². The molecule has 0 amide bonds. The van der Waals surface area contributed by atoms with Crippen LogP contribution in [0.5, 0.6) is 0 Å². The minimum Gasteiger partial charge on any atom is -0.477 e. The van der Waals surface area contributed by atoms with Crippen LogP contribution >= 0.6 is 23.1 Å². The number of aromatic nitrogens is 2. The van der Waals surface area contributed by atoms with Gasteiger partial charge in [-0.3, -0.25) is 0 Å². The van der Waals surface area contributed by atoms with Gasteiger partial charge in [-0.1, -0.05) is 12.2 Å². The predicted molar refractivity (Wildman–Crippen MR) is 74.6 cm³/mol. The molecule has 1 N–H and O–H groups in total. The molecule has 0 saturated carbocycles. The number of thioether (sulfide) groups is 1. The van der Waals surface area contributed by atoms with Gasteiger partial charge >= 0.3 is 5.97 Å². The molecule has 4 nitrogen and oxygen atoms in total. The number of aryl methyl sites for hydroxylation is 1. The van der Waals surface area contributed by atoms with E-state index in [-0.39, 0.29) is 0 Å². The second-order valence-electron chi connectivity index (χ2n) is 3.97. The highest BCUT2D eigenvalue weighted by Gasteiger charge is 2.18. The number of fused-ring (bicyclic) bond motifs is 1. The third kappa shape index (κ3) is 2.39. The van der Waals surface area contributed by atoms with E-state index in [0.29, 0.717) is 4.88 Å². The van der Waals surface area contributed by atoms with Crippen LogP contribution in [0.1, 0.15) is 22.2 Å². The van der Waals surface area contributed by atoms with E-state index in [1.807, 2.05) is 6.92 Å². The number of aromatic carboxylic acids is 1. The van der Waals surface area contributed by atoms with Gasteiger partial charge in [0.15, 0.2) is 0 Å². The van der Waals surface area contributed by atoms with Crippen LogP contribution in [-0.2, 0) is 0 Å². The second-order valence-corrected chi connectivity index (χ2v) is 5.93. The molecular formula is C12H12N2O2S2. The topological polar surface area (TPSA) is 63.1 Å². The summed E-state index contributed by atoms with van der Waals surface area (Å²) in [6, 6.07) is 0. The zero-order chi connectivity index (χ0) is 13.3. The van der Waals surface area contributed by atoms with E-state index in [4.69, 9.17) is 5.11 Å². The summed E-state index contributed by atoms with van der Waals surface area (Å²) in [6.07, 6.45) is 1.48. The standard InChI is InChI=1S/C12H12N2O2S2/c1-6(2)4-17-10-8-7(3)9(12(15)16)18-11(8)14-5-13-10/h5H,1,4H2,2-3H3,(H,15,16). The lowest BCUT2D eigenvalue weighted by atomic mass is 10.2. The molecule has 2 rings (SSSR count). The van der Waals surface area contributed by atoms with Crippen molar-refractivity contribution in [2.24, 2.45) is 0 Å². The van der Waals surface area contributed by atoms with Crippen molar-refractivity contribution in [1.82, 2.24) is 9.97 Å². The molecule has 0 aliphatic rings. The highest BCUT2D eigenvalue weighted by molar-refractivity contribution is 7.99. The summed E-state index contributed by atoms with van der Waals surface area (Å²) in [5, 5.41) is 10.8. The number of carboxylic acids is 1. The maximum Gasteiger partial charge on any atom is 0.346 e. The van der Waals surface area contributed by atoms with Crippen LogP contribution in [0.3, 0.4) is 0 Å². The molecule has 0 fully saturated rings. The number of thiophene rings is 1. The van der Waals surface area contributed by atoms with Crippen molar-refractivity contribution in [1.29, 1.82) is 0 Å². The van der Waals surface area contributed by atoms with Gasteiger partial charge in [-0.05, 0) is 19.4 Å². The van der Waals surface area contributed by atoms with E-state index in [9.17, 15) is 4.79 Å². The Labute approximate surface area is 113 Å². The molecule has 2 aromatic heterocycles. The minimum atomic E-state index is -0.911. The lowest BCUT2D eigenvalue weighted by molar-refractivity contribution is 0.0701. The van der Waals surface area contributed by atoms with Gasteiger partial charge in [-0.2, -0.15) is 0 Å². The SMILES string of the molecule is C=C(C)CSc1ncnc2sc(C(=O)O)c(C)c12. The highest BCUT2D eigenvalue weighted by Crippen LogP contribution is 2.35. The van der Waals surface area contributed by atoms with Crippen LogP contribution in [0, 0.1) is 6.92 Å². The summed E-state index contributed by atoms with van der Waals surface area (Å²) >= 11 is 2.75. The summed E-state index contributed by atoms with van der Waals surface area (Å²) < 4.78 is 0. The normalized spacial score (nSPS) is 10.8. The Kier molecular flexibility index (Phi) is 3.68. The molecule has 18 heavy (non-hydrogen) atoms. The van der Waals surface area contributed by atoms with Crippen LogP contribution in [0.15, 0.2) is 23.5 Å². The first-order valence-electron chi connectivity index (χ1n) is 5.25. The fourth-order valence-corrected chi connectivity index (χ4v) is 3.50. The summed E-state index contributed by atoms with van der Waals surface area (Å²) in [5.41, 5.74) is 1.80. The van der Waals surface area contributed by atoms with Crippen LogP contribution in [0.2, 0.25) is 0 Å². The first-order chi connectivity index (χ1) is 8.50. The summed E-state index contributed by atoms with van der Waals surface area (Å²) in [6.45, 7) is 7.61. The Bertz CT molecular complexity index is 634. The van der Waals surface area contributed by atoms with E-state index in [2.05, 4.69) is 16.5 Å². The van der Waals surface area contributed by atoms with Gasteiger partial charge in [-0.15, -0.1) is 23.1 Å². The average molecular weight is 280 g/mol. The quantitative estimate of drug-likeness (QED) is 0.528. The number of rotatable bonds is 4. The van der Waals surface area contributed by atoms with Crippen molar-refractivity contribution in [2.45, 2.75) is 18.9 Å². The molecule has 0 aliphatic carbocycles. The molecule has 2 heterocycles. The molecule has 0 aromatic carbocycles. The van der Waals surface area contributed by atoms with E-state index in [1.165, 1.54) is 17.7 Å². The van der Waals surface area contributed by atoms with Gasteiger partial charge in [-0.25, -0.2) is 14.8 Å². The predicted octanol–water partition coefficient (Wildman–Crippen LogP) is 3.37. The fraction of sp³-hybridized carbons (Fsp3) is 0.250. The third-order valence-corrected chi connectivity index (χ3v) is 4.75. The van der Waals surface area contributed by atoms with Crippen molar-refractivity contribution in [3.8, 4) is 0 Å². The molecule has 6 heteroatoms. The Hall–Kier alpha value is -1.40. The first-order valence-corrected chi connectivity index (χ1v) is 7.05. The zero-order valence-electron chi connectivity index (χ0n) is 10.1. The lowest BCUT2D eigenvalue weighted by Crippen LogP contribution is -1.94. The molecule has 94 valence electrons. The fourth-order valence-electron chi connectivity index (χ4n) is 1.54. The third-order valence-electron chi connectivity index (χ3n) is 2.34. The molecule has 2 aromatic rings. The number of hydrogen-bond donors (Lipinski definition) is 1. The van der Waals surface area contributed by atoms with Crippen molar-refractivity contribution in [3.05, 3.63) is 28.9 Å². The lowest BCUT2D eigenvalue weighted by Gasteiger charge is -2.02. The zero-order valence-corrected chi connectivity index (χ0v) is 11.7. The maximum absolute atomic E-state index is 11.1. The van der Waals surface area contributed by atoms with Crippen molar-refractivity contribution in [2.75, 3.05) is 5.75 Å². The molecular weight excluding hydrogens is 268 g/mol. The van der Waals surface area contributed by atoms with E-state index in [1.54, 1.807) is 18.7 Å². The van der Waals surface area contributed by atoms with Gasteiger partial charge in [0, 0.05) is 11.1 Å². The highest BCUT2D eigenvalue weighted by atomic mass is 32.2.